The SMILES string of the molecule is Nc1ccccc1N=Cc1ccc(S(=O)(=O)[O-])cc1O.[Na+]. The maximum atomic E-state index is 10.8. The van der Waals surface area contributed by atoms with Crippen LogP contribution < -0.4 is 35.3 Å². The molecule has 2 aromatic carbocycles. The van der Waals surface area contributed by atoms with Gasteiger partial charge in [0.05, 0.1) is 16.3 Å². The Hall–Kier alpha value is -1.38. The molecule has 0 atom stereocenters. The van der Waals surface area contributed by atoms with Crippen molar-refractivity contribution < 1.29 is 47.6 Å². The Morgan fingerprint density at radius 3 is 2.43 bits per heavy atom. The van der Waals surface area contributed by atoms with Crippen LogP contribution in [0.5, 0.6) is 5.75 Å². The van der Waals surface area contributed by atoms with Crippen molar-refractivity contribution in [1.82, 2.24) is 0 Å². The van der Waals surface area contributed by atoms with Crippen LogP contribution in [0.1, 0.15) is 5.56 Å². The van der Waals surface area contributed by atoms with E-state index in [1.165, 1.54) is 12.3 Å². The zero-order chi connectivity index (χ0) is 14.8. The van der Waals surface area contributed by atoms with Gasteiger partial charge in [0.2, 0.25) is 0 Å². The molecule has 0 bridgehead atoms. The summed E-state index contributed by atoms with van der Waals surface area (Å²) in [6.45, 7) is 0. The molecule has 2 aromatic rings. The molecule has 0 aliphatic rings. The van der Waals surface area contributed by atoms with Crippen LogP contribution in [0.2, 0.25) is 0 Å². The second kappa shape index (κ2) is 7.06. The third kappa shape index (κ3) is 4.55. The molecule has 0 amide bonds. The van der Waals surface area contributed by atoms with Crippen LogP contribution in [0.25, 0.3) is 0 Å². The largest absolute Gasteiger partial charge is 1.00 e. The molecular weight excluding hydrogens is 303 g/mol. The summed E-state index contributed by atoms with van der Waals surface area (Å²) in [6.07, 6.45) is 1.34. The van der Waals surface area contributed by atoms with Crippen LogP contribution >= 0.6 is 0 Å². The average molecular weight is 314 g/mol. The minimum atomic E-state index is -4.59. The van der Waals surface area contributed by atoms with Crippen molar-refractivity contribution >= 4 is 27.7 Å². The normalized spacial score (nSPS) is 11.3. The molecule has 0 aliphatic carbocycles. The minimum absolute atomic E-state index is 0. The fraction of sp³-hybridized carbons (Fsp3) is 0. The first-order valence-corrected chi connectivity index (χ1v) is 6.96. The van der Waals surface area contributed by atoms with Crippen molar-refractivity contribution in [1.29, 1.82) is 0 Å². The molecule has 2 rings (SSSR count). The standard InChI is InChI=1S/C13H12N2O4S.Na/c14-11-3-1-2-4-12(11)15-8-9-5-6-10(7-13(9)16)20(17,18)19;/h1-8,16H,14H2,(H,17,18,19);/q;+1/p-1. The number of aromatic hydroxyl groups is 1. The molecule has 104 valence electrons. The summed E-state index contributed by atoms with van der Waals surface area (Å²) >= 11 is 0. The first-order chi connectivity index (χ1) is 9.38. The van der Waals surface area contributed by atoms with E-state index in [0.29, 0.717) is 11.4 Å². The first-order valence-electron chi connectivity index (χ1n) is 5.55. The number of phenolic OH excluding ortho intramolecular Hbond substituents is 1. The van der Waals surface area contributed by atoms with Gasteiger partial charge in [-0.3, -0.25) is 4.99 Å². The molecule has 0 aliphatic heterocycles. The van der Waals surface area contributed by atoms with E-state index in [4.69, 9.17) is 5.73 Å². The summed E-state index contributed by atoms with van der Waals surface area (Å²) in [5.41, 5.74) is 6.98. The molecule has 0 fully saturated rings. The summed E-state index contributed by atoms with van der Waals surface area (Å²) in [5, 5.41) is 9.68. The zero-order valence-electron chi connectivity index (χ0n) is 11.2. The van der Waals surface area contributed by atoms with Crippen molar-refractivity contribution in [2.75, 3.05) is 5.73 Å². The van der Waals surface area contributed by atoms with Crippen LogP contribution in [0.4, 0.5) is 11.4 Å². The molecule has 6 nitrogen and oxygen atoms in total. The van der Waals surface area contributed by atoms with Gasteiger partial charge < -0.3 is 15.4 Å². The summed E-state index contributed by atoms with van der Waals surface area (Å²) in [6, 6.07) is 10.2. The van der Waals surface area contributed by atoms with Gasteiger partial charge in [0, 0.05) is 11.8 Å². The van der Waals surface area contributed by atoms with Gasteiger partial charge in [-0.1, -0.05) is 12.1 Å². The summed E-state index contributed by atoms with van der Waals surface area (Å²) < 4.78 is 32.4. The van der Waals surface area contributed by atoms with E-state index in [0.717, 1.165) is 12.1 Å². The van der Waals surface area contributed by atoms with Gasteiger partial charge in [-0.05, 0) is 30.3 Å². The summed E-state index contributed by atoms with van der Waals surface area (Å²) in [7, 11) is -4.59. The van der Waals surface area contributed by atoms with E-state index in [-0.39, 0.29) is 40.9 Å². The Morgan fingerprint density at radius 1 is 1.19 bits per heavy atom. The van der Waals surface area contributed by atoms with Crippen molar-refractivity contribution in [3.05, 3.63) is 48.0 Å². The second-order valence-electron chi connectivity index (χ2n) is 3.99. The van der Waals surface area contributed by atoms with E-state index < -0.39 is 15.0 Å². The number of hydrogen-bond donors (Lipinski definition) is 2. The smallest absolute Gasteiger partial charge is 0.744 e. The number of benzene rings is 2. The van der Waals surface area contributed by atoms with Crippen molar-refractivity contribution in [2.24, 2.45) is 4.99 Å². The third-order valence-electron chi connectivity index (χ3n) is 2.57. The number of para-hydroxylation sites is 2. The molecule has 0 aromatic heterocycles. The molecule has 0 saturated carbocycles. The van der Waals surface area contributed by atoms with Crippen molar-refractivity contribution in [2.45, 2.75) is 4.90 Å². The predicted molar refractivity (Wildman–Crippen MR) is 74.2 cm³/mol. The number of phenols is 1. The van der Waals surface area contributed by atoms with Crippen LogP contribution in [0.3, 0.4) is 0 Å². The topological polar surface area (TPSA) is 116 Å². The number of nitrogens with two attached hydrogens (primary N) is 1. The van der Waals surface area contributed by atoms with Gasteiger partial charge in [-0.15, -0.1) is 0 Å². The van der Waals surface area contributed by atoms with E-state index in [9.17, 15) is 18.1 Å². The fourth-order valence-electron chi connectivity index (χ4n) is 1.53. The average Bonchev–Trinajstić information content (AvgIpc) is 2.38. The Balaban J connectivity index is 0.00000220. The number of rotatable bonds is 3. The monoisotopic (exact) mass is 314 g/mol. The van der Waals surface area contributed by atoms with E-state index >= 15 is 0 Å². The quantitative estimate of drug-likeness (QED) is 0.314. The maximum absolute atomic E-state index is 10.8. The third-order valence-corrected chi connectivity index (χ3v) is 3.40. The molecule has 8 heteroatoms. The van der Waals surface area contributed by atoms with Crippen LogP contribution in [0, 0.1) is 0 Å². The van der Waals surface area contributed by atoms with E-state index in [1.807, 2.05) is 0 Å². The molecule has 0 unspecified atom stereocenters. The second-order valence-corrected chi connectivity index (χ2v) is 5.37. The van der Waals surface area contributed by atoms with Gasteiger partial charge in [0.15, 0.2) is 0 Å². The fourth-order valence-corrected chi connectivity index (χ4v) is 2.02. The zero-order valence-corrected chi connectivity index (χ0v) is 14.0. The van der Waals surface area contributed by atoms with Gasteiger partial charge in [0.1, 0.15) is 15.9 Å². The van der Waals surface area contributed by atoms with E-state index in [1.54, 1.807) is 24.3 Å². The molecule has 21 heavy (non-hydrogen) atoms. The summed E-state index contributed by atoms with van der Waals surface area (Å²) in [5.74, 6) is -0.347. The van der Waals surface area contributed by atoms with Crippen LogP contribution in [-0.4, -0.2) is 24.3 Å². The molecule has 0 radical (unpaired) electrons. The molecule has 3 N–H and O–H groups in total. The van der Waals surface area contributed by atoms with Crippen molar-refractivity contribution in [3.8, 4) is 5.75 Å². The Labute approximate surface area is 144 Å². The number of nitrogens with zero attached hydrogens (tertiary/aromatic N) is 1. The Kier molecular flexibility index (Phi) is 5.94. The molecule has 0 saturated heterocycles. The number of aliphatic imine (C=N–C) groups is 1. The molecule has 0 spiro atoms. The van der Waals surface area contributed by atoms with Gasteiger partial charge in [-0.25, -0.2) is 8.42 Å². The van der Waals surface area contributed by atoms with Crippen LogP contribution in [-0.2, 0) is 10.1 Å². The van der Waals surface area contributed by atoms with E-state index in [2.05, 4.69) is 4.99 Å². The van der Waals surface area contributed by atoms with Crippen LogP contribution in [0.15, 0.2) is 52.4 Å². The Bertz CT molecular complexity index is 775. The van der Waals surface area contributed by atoms with Gasteiger partial charge >= 0.3 is 29.6 Å². The minimum Gasteiger partial charge on any atom is -0.744 e. The van der Waals surface area contributed by atoms with Gasteiger partial charge in [0.25, 0.3) is 0 Å². The molecule has 0 heterocycles. The first kappa shape index (κ1) is 17.7. The molecular formula is C13H11N2NaO4S. The maximum Gasteiger partial charge on any atom is 1.00 e. The Morgan fingerprint density at radius 2 is 1.86 bits per heavy atom. The predicted octanol–water partition coefficient (Wildman–Crippen LogP) is -1.37. The number of hydrogen-bond acceptors (Lipinski definition) is 6. The number of nitrogen functional groups attached to an aromatic ring is 1. The number of anilines is 1. The van der Waals surface area contributed by atoms with Crippen molar-refractivity contribution in [3.63, 3.8) is 0 Å². The summed E-state index contributed by atoms with van der Waals surface area (Å²) in [4.78, 5) is 3.60. The van der Waals surface area contributed by atoms with Gasteiger partial charge in [-0.2, -0.15) is 0 Å².